The Bertz CT molecular complexity index is 769. The first-order valence-electron chi connectivity index (χ1n) is 6.60. The van der Waals surface area contributed by atoms with Crippen LogP contribution in [0.1, 0.15) is 5.56 Å². The van der Waals surface area contributed by atoms with E-state index < -0.39 is 0 Å². The van der Waals surface area contributed by atoms with Crippen LogP contribution in [0.15, 0.2) is 47.1 Å². The summed E-state index contributed by atoms with van der Waals surface area (Å²) in [4.78, 5) is 2.22. The summed E-state index contributed by atoms with van der Waals surface area (Å²) >= 11 is 1.64. The van der Waals surface area contributed by atoms with Crippen molar-refractivity contribution >= 4 is 34.3 Å². The Kier molecular flexibility index (Phi) is 2.67. The minimum absolute atomic E-state index is 1.02. The van der Waals surface area contributed by atoms with E-state index in [2.05, 4.69) is 50.9 Å². The summed E-state index contributed by atoms with van der Waals surface area (Å²) in [5.74, 6) is 2.10. The molecule has 2 aliphatic rings. The molecule has 0 bridgehead atoms. The van der Waals surface area contributed by atoms with Crippen molar-refractivity contribution in [2.75, 3.05) is 12.3 Å². The van der Waals surface area contributed by atoms with Crippen LogP contribution in [0.2, 0.25) is 0 Å². The molecular weight excluding hydrogens is 268 g/mol. The van der Waals surface area contributed by atoms with Crippen LogP contribution in [0.25, 0.3) is 16.5 Å². The minimum Gasteiger partial charge on any atom is -0.331 e. The van der Waals surface area contributed by atoms with E-state index in [0.29, 0.717) is 0 Å². The van der Waals surface area contributed by atoms with E-state index in [1.165, 1.54) is 16.5 Å². The van der Waals surface area contributed by atoms with E-state index in [-0.39, 0.29) is 0 Å². The van der Waals surface area contributed by atoms with Crippen molar-refractivity contribution in [3.63, 3.8) is 0 Å². The molecule has 0 atom stereocenters. The Hall–Kier alpha value is -2.01. The Morgan fingerprint density at radius 2 is 2.25 bits per heavy atom. The maximum atomic E-state index is 4.62. The number of nitrogens with zero attached hydrogens (tertiary/aromatic N) is 4. The number of aryl methyl sites for hydroxylation is 1. The van der Waals surface area contributed by atoms with Crippen molar-refractivity contribution < 1.29 is 0 Å². The average molecular weight is 282 g/mol. The van der Waals surface area contributed by atoms with Crippen molar-refractivity contribution in [2.24, 2.45) is 11.4 Å². The van der Waals surface area contributed by atoms with Crippen molar-refractivity contribution in [1.82, 2.24) is 14.7 Å². The highest BCUT2D eigenvalue weighted by Crippen LogP contribution is 2.28. The third-order valence-corrected chi connectivity index (χ3v) is 4.34. The fourth-order valence-electron chi connectivity index (χ4n) is 2.61. The van der Waals surface area contributed by atoms with Gasteiger partial charge < -0.3 is 4.90 Å². The van der Waals surface area contributed by atoms with Gasteiger partial charge >= 0.3 is 0 Å². The highest BCUT2D eigenvalue weighted by atomic mass is 32.2. The number of amidine groups is 1. The highest BCUT2D eigenvalue weighted by Gasteiger charge is 2.21. The van der Waals surface area contributed by atoms with Crippen molar-refractivity contribution in [3.8, 4) is 0 Å². The molecule has 3 heterocycles. The standard InChI is InChI=1S/C15H14N4S/c1-18-14-9-11(4-5-12(14)10-16-18)13-3-2-6-19-7-8-20-17-15(13)19/h2-6,9-10H,7-8H2,1H3. The van der Waals surface area contributed by atoms with Gasteiger partial charge in [-0.2, -0.15) is 9.50 Å². The van der Waals surface area contributed by atoms with E-state index in [4.69, 9.17) is 0 Å². The molecule has 0 spiro atoms. The van der Waals surface area contributed by atoms with Gasteiger partial charge in [-0.05, 0) is 35.7 Å². The molecule has 1 aromatic heterocycles. The average Bonchev–Trinajstić information content (AvgIpc) is 2.88. The normalized spacial score (nSPS) is 17.9. The van der Waals surface area contributed by atoms with Gasteiger partial charge in [0.05, 0.1) is 11.7 Å². The molecule has 0 saturated carbocycles. The summed E-state index contributed by atoms with van der Waals surface area (Å²) in [6.07, 6.45) is 8.23. The van der Waals surface area contributed by atoms with Crippen LogP contribution in [0.4, 0.5) is 0 Å². The first kappa shape index (κ1) is 11.8. The molecule has 2 aromatic rings. The van der Waals surface area contributed by atoms with Crippen LogP contribution in [-0.2, 0) is 7.05 Å². The van der Waals surface area contributed by atoms with Crippen LogP contribution in [-0.4, -0.2) is 32.8 Å². The summed E-state index contributed by atoms with van der Waals surface area (Å²) in [7, 11) is 1.97. The molecule has 0 N–H and O–H groups in total. The second-order valence-corrected chi connectivity index (χ2v) is 5.75. The van der Waals surface area contributed by atoms with Gasteiger partial charge in [-0.3, -0.25) is 4.68 Å². The molecule has 0 aliphatic carbocycles. The molecule has 0 radical (unpaired) electrons. The molecule has 4 nitrogen and oxygen atoms in total. The highest BCUT2D eigenvalue weighted by molar-refractivity contribution is 7.98. The molecule has 4 rings (SSSR count). The van der Waals surface area contributed by atoms with Crippen LogP contribution < -0.4 is 0 Å². The Morgan fingerprint density at radius 1 is 1.30 bits per heavy atom. The number of fused-ring (bicyclic) bond motifs is 2. The van der Waals surface area contributed by atoms with Crippen LogP contribution >= 0.6 is 11.9 Å². The number of allylic oxidation sites excluding steroid dienone is 2. The zero-order valence-electron chi connectivity index (χ0n) is 11.2. The van der Waals surface area contributed by atoms with E-state index in [1.807, 2.05) is 17.9 Å². The second kappa shape index (κ2) is 4.52. The van der Waals surface area contributed by atoms with Gasteiger partial charge in [-0.15, -0.1) is 0 Å². The van der Waals surface area contributed by atoms with Gasteiger partial charge in [0.15, 0.2) is 0 Å². The van der Waals surface area contributed by atoms with Crippen molar-refractivity contribution in [3.05, 3.63) is 48.3 Å². The Balaban J connectivity index is 1.85. The summed E-state index contributed by atoms with van der Waals surface area (Å²) in [6.45, 7) is 1.02. The summed E-state index contributed by atoms with van der Waals surface area (Å²) in [5, 5.41) is 5.47. The Morgan fingerprint density at radius 3 is 3.20 bits per heavy atom. The molecule has 0 unspecified atom stereocenters. The zero-order valence-corrected chi connectivity index (χ0v) is 12.0. The predicted octanol–water partition coefficient (Wildman–Crippen LogP) is 2.85. The van der Waals surface area contributed by atoms with Crippen LogP contribution in [0.3, 0.4) is 0 Å². The van der Waals surface area contributed by atoms with Gasteiger partial charge in [0.25, 0.3) is 0 Å². The molecule has 2 aliphatic heterocycles. The molecule has 0 saturated heterocycles. The summed E-state index contributed by atoms with van der Waals surface area (Å²) in [5.41, 5.74) is 3.52. The van der Waals surface area contributed by atoms with E-state index in [0.717, 1.165) is 23.6 Å². The molecular formula is C15H14N4S. The largest absolute Gasteiger partial charge is 0.331 e. The summed E-state index contributed by atoms with van der Waals surface area (Å²) < 4.78 is 6.53. The molecule has 0 fully saturated rings. The van der Waals surface area contributed by atoms with Gasteiger partial charge in [0, 0.05) is 36.5 Å². The van der Waals surface area contributed by atoms with Crippen LogP contribution in [0, 0.1) is 0 Å². The lowest BCUT2D eigenvalue weighted by atomic mass is 10.0. The lowest BCUT2D eigenvalue weighted by Gasteiger charge is -2.29. The molecule has 5 heteroatoms. The fourth-order valence-corrected chi connectivity index (χ4v) is 3.30. The Labute approximate surface area is 121 Å². The van der Waals surface area contributed by atoms with Crippen LogP contribution in [0.5, 0.6) is 0 Å². The first-order chi connectivity index (χ1) is 9.83. The number of aromatic nitrogens is 2. The lowest BCUT2D eigenvalue weighted by Crippen LogP contribution is -2.32. The second-order valence-electron chi connectivity index (χ2n) is 4.91. The van der Waals surface area contributed by atoms with Crippen molar-refractivity contribution in [2.45, 2.75) is 0 Å². The lowest BCUT2D eigenvalue weighted by molar-refractivity contribution is 0.594. The van der Waals surface area contributed by atoms with Gasteiger partial charge in [-0.1, -0.05) is 12.1 Å². The molecule has 100 valence electrons. The smallest absolute Gasteiger partial charge is 0.148 e. The number of benzene rings is 1. The molecule has 20 heavy (non-hydrogen) atoms. The third-order valence-electron chi connectivity index (χ3n) is 3.68. The first-order valence-corrected chi connectivity index (χ1v) is 7.55. The maximum absolute atomic E-state index is 4.62. The van der Waals surface area contributed by atoms with Gasteiger partial charge in [0.2, 0.25) is 0 Å². The number of hydrogen-bond acceptors (Lipinski definition) is 4. The quantitative estimate of drug-likeness (QED) is 0.754. The predicted molar refractivity (Wildman–Crippen MR) is 84.4 cm³/mol. The van der Waals surface area contributed by atoms with Gasteiger partial charge in [-0.25, -0.2) is 0 Å². The number of hydrogen-bond donors (Lipinski definition) is 0. The monoisotopic (exact) mass is 282 g/mol. The van der Waals surface area contributed by atoms with Gasteiger partial charge in [0.1, 0.15) is 5.84 Å². The SMILES string of the molecule is Cn1ncc2ccc(C3=CC=CN4CCSN=C34)cc21. The summed E-state index contributed by atoms with van der Waals surface area (Å²) in [6, 6.07) is 6.46. The zero-order chi connectivity index (χ0) is 13.5. The van der Waals surface area contributed by atoms with E-state index in [1.54, 1.807) is 11.9 Å². The van der Waals surface area contributed by atoms with Crippen molar-refractivity contribution in [1.29, 1.82) is 0 Å². The molecule has 1 aromatic carbocycles. The van der Waals surface area contributed by atoms with E-state index in [9.17, 15) is 0 Å². The topological polar surface area (TPSA) is 33.4 Å². The number of rotatable bonds is 1. The maximum Gasteiger partial charge on any atom is 0.148 e. The van der Waals surface area contributed by atoms with E-state index >= 15 is 0 Å². The molecule has 0 amide bonds. The minimum atomic E-state index is 1.02. The third kappa shape index (κ3) is 1.78. The fraction of sp³-hybridized carbons (Fsp3) is 0.200.